The number of nitrogens with zero attached hydrogens (tertiary/aromatic N) is 3. The van der Waals surface area contributed by atoms with Crippen LogP contribution in [0.15, 0.2) is 18.2 Å². The number of piperidine rings is 1. The number of hydrogen-bond donors (Lipinski definition) is 1. The molecule has 10 heteroatoms. The van der Waals surface area contributed by atoms with E-state index in [1.807, 2.05) is 0 Å². The molecule has 1 fully saturated rings. The third-order valence-electron chi connectivity index (χ3n) is 4.54. The number of amides is 2. The van der Waals surface area contributed by atoms with Crippen molar-refractivity contribution in [3.05, 3.63) is 33.9 Å². The third-order valence-corrected chi connectivity index (χ3v) is 4.54. The van der Waals surface area contributed by atoms with Crippen molar-refractivity contribution in [1.29, 1.82) is 0 Å². The van der Waals surface area contributed by atoms with E-state index in [-0.39, 0.29) is 29.5 Å². The van der Waals surface area contributed by atoms with Gasteiger partial charge in [-0.3, -0.25) is 24.5 Å². The summed E-state index contributed by atoms with van der Waals surface area (Å²) in [5, 5.41) is 19.9. The van der Waals surface area contributed by atoms with Crippen molar-refractivity contribution >= 4 is 23.5 Å². The molecule has 1 aromatic rings. The highest BCUT2D eigenvalue weighted by atomic mass is 16.6. The number of likely N-dealkylation sites (tertiary alicyclic amines) is 1. The molecule has 0 saturated carbocycles. The van der Waals surface area contributed by atoms with Gasteiger partial charge in [0, 0.05) is 32.3 Å². The minimum Gasteiger partial charge on any atom is -0.496 e. The maximum absolute atomic E-state index is 12.6. The first-order valence-corrected chi connectivity index (χ1v) is 8.33. The molecule has 0 spiro atoms. The fourth-order valence-corrected chi connectivity index (χ4v) is 2.93. The van der Waals surface area contributed by atoms with Crippen LogP contribution in [-0.2, 0) is 9.59 Å². The Balaban J connectivity index is 2.05. The molecule has 0 unspecified atom stereocenters. The predicted molar refractivity (Wildman–Crippen MR) is 93.5 cm³/mol. The summed E-state index contributed by atoms with van der Waals surface area (Å²) in [5.41, 5.74) is -0.263. The Bertz CT molecular complexity index is 757. The van der Waals surface area contributed by atoms with Gasteiger partial charge in [-0.2, -0.15) is 0 Å². The molecule has 0 radical (unpaired) electrons. The van der Waals surface area contributed by atoms with Crippen molar-refractivity contribution in [1.82, 2.24) is 9.80 Å². The number of benzene rings is 1. The minimum atomic E-state index is -0.868. The average Bonchev–Trinajstić information content (AvgIpc) is 2.66. The van der Waals surface area contributed by atoms with Crippen LogP contribution in [-0.4, -0.2) is 71.4 Å². The van der Waals surface area contributed by atoms with E-state index >= 15 is 0 Å². The van der Waals surface area contributed by atoms with Crippen molar-refractivity contribution in [2.75, 3.05) is 33.8 Å². The topological polar surface area (TPSA) is 130 Å². The van der Waals surface area contributed by atoms with Crippen molar-refractivity contribution in [3.8, 4) is 5.75 Å². The van der Waals surface area contributed by atoms with Gasteiger partial charge >= 0.3 is 5.97 Å². The van der Waals surface area contributed by atoms with Gasteiger partial charge in [-0.25, -0.2) is 0 Å². The predicted octanol–water partition coefficient (Wildman–Crippen LogP) is 0.999. The number of aliphatic carboxylic acids is 1. The second-order valence-electron chi connectivity index (χ2n) is 6.30. The van der Waals surface area contributed by atoms with Gasteiger partial charge in [0.15, 0.2) is 0 Å². The van der Waals surface area contributed by atoms with Crippen LogP contribution in [0.1, 0.15) is 23.2 Å². The third kappa shape index (κ3) is 4.72. The Kier molecular flexibility index (Phi) is 6.32. The first-order chi connectivity index (χ1) is 12.7. The Morgan fingerprint density at radius 2 is 1.96 bits per heavy atom. The van der Waals surface area contributed by atoms with Crippen LogP contribution in [0, 0.1) is 16.0 Å². The van der Waals surface area contributed by atoms with Crippen molar-refractivity contribution in [3.63, 3.8) is 0 Å². The van der Waals surface area contributed by atoms with Gasteiger partial charge < -0.3 is 19.6 Å². The molecule has 0 aliphatic carbocycles. The summed E-state index contributed by atoms with van der Waals surface area (Å²) in [6.07, 6.45) is 0.745. The summed E-state index contributed by atoms with van der Waals surface area (Å²) < 4.78 is 5.09. The lowest BCUT2D eigenvalue weighted by atomic mass is 9.97. The molecule has 2 rings (SSSR count). The number of methoxy groups -OCH3 is 1. The smallest absolute Gasteiger partial charge is 0.306 e. The fraction of sp³-hybridized carbons (Fsp3) is 0.471. The lowest BCUT2D eigenvalue weighted by Gasteiger charge is -2.31. The number of rotatable bonds is 6. The Hall–Kier alpha value is -3.17. The zero-order chi connectivity index (χ0) is 20.1. The number of ether oxygens (including phenoxy) is 1. The zero-order valence-electron chi connectivity index (χ0n) is 15.1. The summed E-state index contributed by atoms with van der Waals surface area (Å²) in [6, 6.07) is 3.67. The first-order valence-electron chi connectivity index (χ1n) is 8.33. The highest BCUT2D eigenvalue weighted by Crippen LogP contribution is 2.25. The quantitative estimate of drug-likeness (QED) is 0.576. The molecule has 10 nitrogen and oxygen atoms in total. The molecule has 2 amide bonds. The van der Waals surface area contributed by atoms with E-state index in [2.05, 4.69) is 0 Å². The van der Waals surface area contributed by atoms with Gasteiger partial charge in [0.1, 0.15) is 5.75 Å². The highest BCUT2D eigenvalue weighted by molar-refractivity contribution is 5.99. The summed E-state index contributed by atoms with van der Waals surface area (Å²) in [4.78, 5) is 49.0. The Morgan fingerprint density at radius 1 is 1.33 bits per heavy atom. The number of nitro groups is 1. The summed E-state index contributed by atoms with van der Waals surface area (Å²) in [5.74, 6) is -2.04. The first kappa shape index (κ1) is 20.1. The summed E-state index contributed by atoms with van der Waals surface area (Å²) in [6.45, 7) is 0.415. The van der Waals surface area contributed by atoms with Crippen LogP contribution in [0.2, 0.25) is 0 Å². The average molecular weight is 379 g/mol. The molecular formula is C17H21N3O7. The molecule has 1 N–H and O–H groups in total. The largest absolute Gasteiger partial charge is 0.496 e. The number of hydrogen-bond acceptors (Lipinski definition) is 6. The number of carboxylic acid groups (broad SMARTS) is 1. The zero-order valence-corrected chi connectivity index (χ0v) is 15.1. The molecule has 0 bridgehead atoms. The molecular weight excluding hydrogens is 358 g/mol. The van der Waals surface area contributed by atoms with Gasteiger partial charge in [-0.1, -0.05) is 0 Å². The van der Waals surface area contributed by atoms with Crippen molar-refractivity contribution in [2.24, 2.45) is 5.92 Å². The molecule has 0 atom stereocenters. The highest BCUT2D eigenvalue weighted by Gasteiger charge is 2.28. The molecule has 27 heavy (non-hydrogen) atoms. The molecule has 146 valence electrons. The number of carboxylic acids is 1. The number of non-ortho nitro benzene ring substituents is 1. The van der Waals surface area contributed by atoms with Crippen molar-refractivity contribution < 1.29 is 29.2 Å². The van der Waals surface area contributed by atoms with Crippen LogP contribution < -0.4 is 4.74 Å². The Morgan fingerprint density at radius 3 is 2.48 bits per heavy atom. The van der Waals surface area contributed by atoms with Crippen LogP contribution >= 0.6 is 0 Å². The SMILES string of the molecule is COc1ccc([N+](=O)[O-])cc1C(=O)N(C)CC(=O)N1CCC(C(=O)O)CC1. The summed E-state index contributed by atoms with van der Waals surface area (Å²) >= 11 is 0. The number of nitro benzene ring substituents is 1. The number of carbonyl (C=O) groups is 3. The summed E-state index contributed by atoms with van der Waals surface area (Å²) in [7, 11) is 2.76. The van der Waals surface area contributed by atoms with Gasteiger partial charge in [-0.15, -0.1) is 0 Å². The van der Waals surface area contributed by atoms with Crippen LogP contribution in [0.5, 0.6) is 5.75 Å². The van der Waals surface area contributed by atoms with Crippen molar-refractivity contribution in [2.45, 2.75) is 12.8 Å². The lowest BCUT2D eigenvalue weighted by Crippen LogP contribution is -2.45. The van der Waals surface area contributed by atoms with Gasteiger partial charge in [-0.05, 0) is 18.9 Å². The molecule has 1 aromatic carbocycles. The van der Waals surface area contributed by atoms with E-state index in [0.29, 0.717) is 25.9 Å². The molecule has 0 aromatic heterocycles. The van der Waals surface area contributed by atoms with Crippen LogP contribution in [0.3, 0.4) is 0 Å². The monoisotopic (exact) mass is 379 g/mol. The van der Waals surface area contributed by atoms with Gasteiger partial charge in [0.25, 0.3) is 11.6 Å². The Labute approximate surface area is 155 Å². The van der Waals surface area contributed by atoms with Crippen LogP contribution in [0.4, 0.5) is 5.69 Å². The van der Waals surface area contributed by atoms with E-state index in [4.69, 9.17) is 9.84 Å². The molecule has 1 aliphatic heterocycles. The number of carbonyl (C=O) groups excluding carboxylic acids is 2. The normalized spacial score (nSPS) is 14.5. The molecule has 1 heterocycles. The second kappa shape index (κ2) is 8.47. The van der Waals surface area contributed by atoms with Crippen LogP contribution in [0.25, 0.3) is 0 Å². The van der Waals surface area contributed by atoms with E-state index in [0.717, 1.165) is 11.0 Å². The van der Waals surface area contributed by atoms with E-state index in [1.54, 1.807) is 0 Å². The lowest BCUT2D eigenvalue weighted by molar-refractivity contribution is -0.384. The van der Waals surface area contributed by atoms with E-state index < -0.39 is 22.7 Å². The second-order valence-corrected chi connectivity index (χ2v) is 6.30. The minimum absolute atomic E-state index is 0.00779. The number of likely N-dealkylation sites (N-methyl/N-ethyl adjacent to an activating group) is 1. The van der Waals surface area contributed by atoms with E-state index in [1.165, 1.54) is 31.2 Å². The molecule has 1 aliphatic rings. The fourth-order valence-electron chi connectivity index (χ4n) is 2.93. The van der Waals surface area contributed by atoms with Gasteiger partial charge in [0.05, 0.1) is 30.1 Å². The van der Waals surface area contributed by atoms with Gasteiger partial charge in [0.2, 0.25) is 5.91 Å². The molecule has 1 saturated heterocycles. The maximum atomic E-state index is 12.6. The maximum Gasteiger partial charge on any atom is 0.306 e. The standard InChI is InChI=1S/C17H21N3O7/c1-18(10-15(21)19-7-5-11(6-8-19)17(23)24)16(22)13-9-12(20(25)26)3-4-14(13)27-2/h3-4,9,11H,5-8,10H2,1-2H3,(H,23,24). The van der Waals surface area contributed by atoms with E-state index in [9.17, 15) is 24.5 Å².